The Kier molecular flexibility index (Phi) is 3.21. The van der Waals surface area contributed by atoms with Gasteiger partial charge in [0.15, 0.2) is 5.69 Å². The number of aliphatic hydroxyl groups excluding tert-OH is 1. The van der Waals surface area contributed by atoms with Crippen LogP contribution in [0.5, 0.6) is 0 Å². The third-order valence-corrected chi connectivity index (χ3v) is 3.57. The Labute approximate surface area is 111 Å². The van der Waals surface area contributed by atoms with Crippen LogP contribution in [0.2, 0.25) is 0 Å². The topological polar surface area (TPSA) is 58.4 Å². The molecule has 100 valence electrons. The second-order valence-electron chi connectivity index (χ2n) is 4.81. The van der Waals surface area contributed by atoms with Gasteiger partial charge in [-0.05, 0) is 18.9 Å². The van der Waals surface area contributed by atoms with Crippen LogP contribution in [0.15, 0.2) is 24.3 Å². The highest BCUT2D eigenvalue weighted by Crippen LogP contribution is 2.21. The number of benzene rings is 1. The quantitative estimate of drug-likeness (QED) is 0.903. The summed E-state index contributed by atoms with van der Waals surface area (Å²) >= 11 is 0. The number of fused-ring (bicyclic) bond motifs is 1. The van der Waals surface area contributed by atoms with E-state index in [-0.39, 0.29) is 12.5 Å². The third-order valence-electron chi connectivity index (χ3n) is 3.57. The Bertz CT molecular complexity index is 600. The van der Waals surface area contributed by atoms with E-state index in [1.165, 1.54) is 0 Å². The Morgan fingerprint density at radius 1 is 1.26 bits per heavy atom. The molecule has 0 radical (unpaired) electrons. The van der Waals surface area contributed by atoms with E-state index in [4.69, 9.17) is 5.11 Å². The monoisotopic (exact) mass is 259 g/mol. The molecule has 2 aromatic rings. The fourth-order valence-electron chi connectivity index (χ4n) is 2.62. The highest BCUT2D eigenvalue weighted by atomic mass is 16.3. The molecular formula is C14H17N3O2. The predicted octanol–water partition coefficient (Wildman–Crippen LogP) is 1.26. The molecule has 0 saturated carbocycles. The fraction of sp³-hybridized carbons (Fsp3) is 0.429. The van der Waals surface area contributed by atoms with Gasteiger partial charge in [0.1, 0.15) is 0 Å². The molecule has 1 aliphatic rings. The van der Waals surface area contributed by atoms with Crippen LogP contribution in [0.25, 0.3) is 10.9 Å². The maximum atomic E-state index is 12.5. The molecule has 1 amide bonds. The normalized spacial score (nSPS) is 15.3. The Morgan fingerprint density at radius 3 is 2.74 bits per heavy atom. The maximum absolute atomic E-state index is 12.5. The van der Waals surface area contributed by atoms with Gasteiger partial charge in [0.05, 0.1) is 18.7 Å². The first-order valence-electron chi connectivity index (χ1n) is 6.67. The van der Waals surface area contributed by atoms with Gasteiger partial charge < -0.3 is 10.0 Å². The molecule has 1 fully saturated rings. The molecule has 19 heavy (non-hydrogen) atoms. The lowest BCUT2D eigenvalue weighted by Gasteiger charge is -2.13. The Morgan fingerprint density at radius 2 is 2.00 bits per heavy atom. The van der Waals surface area contributed by atoms with E-state index in [0.717, 1.165) is 36.8 Å². The maximum Gasteiger partial charge on any atom is 0.275 e. The molecule has 0 spiro atoms. The zero-order valence-corrected chi connectivity index (χ0v) is 10.7. The summed E-state index contributed by atoms with van der Waals surface area (Å²) in [5, 5.41) is 14.3. The Hall–Kier alpha value is -1.88. The van der Waals surface area contributed by atoms with Crippen molar-refractivity contribution in [3.63, 3.8) is 0 Å². The van der Waals surface area contributed by atoms with Gasteiger partial charge in [-0.15, -0.1) is 0 Å². The molecule has 5 heteroatoms. The van der Waals surface area contributed by atoms with E-state index in [2.05, 4.69) is 5.10 Å². The van der Waals surface area contributed by atoms with Crippen molar-refractivity contribution in [2.45, 2.75) is 19.4 Å². The number of nitrogens with zero attached hydrogens (tertiary/aromatic N) is 3. The lowest BCUT2D eigenvalue weighted by atomic mass is 10.2. The van der Waals surface area contributed by atoms with Crippen LogP contribution in [0.1, 0.15) is 23.3 Å². The molecule has 5 nitrogen and oxygen atoms in total. The van der Waals surface area contributed by atoms with Crippen molar-refractivity contribution in [3.05, 3.63) is 30.0 Å². The molecule has 2 heterocycles. The first-order chi connectivity index (χ1) is 9.31. The molecule has 0 bridgehead atoms. The van der Waals surface area contributed by atoms with Crippen molar-refractivity contribution in [1.29, 1.82) is 0 Å². The van der Waals surface area contributed by atoms with E-state index < -0.39 is 0 Å². The Balaban J connectivity index is 2.05. The van der Waals surface area contributed by atoms with Crippen molar-refractivity contribution in [3.8, 4) is 0 Å². The third kappa shape index (κ3) is 2.10. The largest absolute Gasteiger partial charge is 0.394 e. The van der Waals surface area contributed by atoms with Gasteiger partial charge in [0, 0.05) is 18.5 Å². The lowest BCUT2D eigenvalue weighted by Crippen LogP contribution is -2.28. The molecule has 1 aliphatic heterocycles. The SMILES string of the molecule is O=C(c1nn(CCO)c2ccccc12)N1CCCC1. The van der Waals surface area contributed by atoms with Gasteiger partial charge in [0.2, 0.25) is 0 Å². The fourth-order valence-corrected chi connectivity index (χ4v) is 2.62. The second kappa shape index (κ2) is 5.01. The minimum atomic E-state index is 0.00499. The molecule has 3 rings (SSSR count). The summed E-state index contributed by atoms with van der Waals surface area (Å²) in [5.41, 5.74) is 1.41. The minimum absolute atomic E-state index is 0.00499. The first-order valence-corrected chi connectivity index (χ1v) is 6.67. The lowest BCUT2D eigenvalue weighted by molar-refractivity contribution is 0.0787. The minimum Gasteiger partial charge on any atom is -0.394 e. The number of hydrogen-bond acceptors (Lipinski definition) is 3. The number of carbonyl (C=O) groups is 1. The van der Waals surface area contributed by atoms with Gasteiger partial charge in [-0.1, -0.05) is 18.2 Å². The summed E-state index contributed by atoms with van der Waals surface area (Å²) in [4.78, 5) is 14.3. The van der Waals surface area contributed by atoms with Gasteiger partial charge in [-0.2, -0.15) is 5.10 Å². The molecule has 1 N–H and O–H groups in total. The van der Waals surface area contributed by atoms with Crippen LogP contribution in [0.3, 0.4) is 0 Å². The van der Waals surface area contributed by atoms with Crippen molar-refractivity contribution in [2.24, 2.45) is 0 Å². The van der Waals surface area contributed by atoms with Gasteiger partial charge in [0.25, 0.3) is 5.91 Å². The summed E-state index contributed by atoms with van der Waals surface area (Å²) < 4.78 is 1.71. The molecule has 1 saturated heterocycles. The van der Waals surface area contributed by atoms with Crippen LogP contribution < -0.4 is 0 Å². The first kappa shape index (κ1) is 12.2. The van der Waals surface area contributed by atoms with E-state index in [1.807, 2.05) is 29.2 Å². The number of hydrogen-bond donors (Lipinski definition) is 1. The number of amides is 1. The second-order valence-corrected chi connectivity index (χ2v) is 4.81. The van der Waals surface area contributed by atoms with Gasteiger partial charge in [-0.3, -0.25) is 9.48 Å². The van der Waals surface area contributed by atoms with Crippen molar-refractivity contribution in [1.82, 2.24) is 14.7 Å². The van der Waals surface area contributed by atoms with E-state index in [1.54, 1.807) is 4.68 Å². The number of carbonyl (C=O) groups excluding carboxylic acids is 1. The predicted molar refractivity (Wildman–Crippen MR) is 72.0 cm³/mol. The number of rotatable bonds is 3. The molecule has 1 aromatic heterocycles. The van der Waals surface area contributed by atoms with Crippen LogP contribution in [-0.4, -0.2) is 45.4 Å². The van der Waals surface area contributed by atoms with Gasteiger partial charge in [-0.25, -0.2) is 0 Å². The smallest absolute Gasteiger partial charge is 0.275 e. The van der Waals surface area contributed by atoms with Crippen LogP contribution in [-0.2, 0) is 6.54 Å². The summed E-state index contributed by atoms with van der Waals surface area (Å²) in [7, 11) is 0. The molecule has 0 unspecified atom stereocenters. The van der Waals surface area contributed by atoms with Crippen LogP contribution in [0.4, 0.5) is 0 Å². The summed E-state index contributed by atoms with van der Waals surface area (Å²) in [6.07, 6.45) is 2.14. The summed E-state index contributed by atoms with van der Waals surface area (Å²) in [6, 6.07) is 7.67. The molecule has 0 aliphatic carbocycles. The van der Waals surface area contributed by atoms with Crippen LogP contribution >= 0.6 is 0 Å². The van der Waals surface area contributed by atoms with Crippen LogP contribution in [0, 0.1) is 0 Å². The summed E-state index contributed by atoms with van der Waals surface area (Å²) in [5.74, 6) is 0.00499. The zero-order chi connectivity index (χ0) is 13.2. The number of para-hydroxylation sites is 1. The molecule has 0 atom stereocenters. The van der Waals surface area contributed by atoms with Gasteiger partial charge >= 0.3 is 0 Å². The van der Waals surface area contributed by atoms with Crippen molar-refractivity contribution >= 4 is 16.8 Å². The number of aromatic nitrogens is 2. The van der Waals surface area contributed by atoms with Crippen molar-refractivity contribution in [2.75, 3.05) is 19.7 Å². The summed E-state index contributed by atoms with van der Waals surface area (Å²) in [6.45, 7) is 2.07. The number of likely N-dealkylation sites (tertiary alicyclic amines) is 1. The van der Waals surface area contributed by atoms with E-state index in [9.17, 15) is 4.79 Å². The zero-order valence-electron chi connectivity index (χ0n) is 10.7. The highest BCUT2D eigenvalue weighted by molar-refractivity contribution is 6.04. The molecule has 1 aromatic carbocycles. The van der Waals surface area contributed by atoms with Crippen molar-refractivity contribution < 1.29 is 9.90 Å². The number of aliphatic hydroxyl groups is 1. The van der Waals surface area contributed by atoms with E-state index >= 15 is 0 Å². The molecular weight excluding hydrogens is 242 g/mol. The van der Waals surface area contributed by atoms with E-state index in [0.29, 0.717) is 12.2 Å². The average Bonchev–Trinajstić information content (AvgIpc) is 3.07. The standard InChI is InChI=1S/C14H17N3O2/c18-10-9-17-12-6-2-1-5-11(12)13(15-17)14(19)16-7-3-4-8-16/h1-2,5-6,18H,3-4,7-10H2. The average molecular weight is 259 g/mol. The highest BCUT2D eigenvalue weighted by Gasteiger charge is 2.24.